The molecule has 0 N–H and O–H groups in total. The molecule has 0 saturated carbocycles. The Kier molecular flexibility index (Phi) is 4.28. The van der Waals surface area contributed by atoms with Crippen molar-refractivity contribution in [3.05, 3.63) is 35.6 Å². The summed E-state index contributed by atoms with van der Waals surface area (Å²) in [7, 11) is 1.50. The number of carbonyl (C=O) groups excluding carboxylic acids is 1. The summed E-state index contributed by atoms with van der Waals surface area (Å²) in [5.74, 6) is -0.349. The van der Waals surface area contributed by atoms with Gasteiger partial charge in [0.05, 0.1) is 6.54 Å². The van der Waals surface area contributed by atoms with Crippen molar-refractivity contribution >= 4 is 34.7 Å². The van der Waals surface area contributed by atoms with Crippen molar-refractivity contribution < 1.29 is 13.9 Å². The van der Waals surface area contributed by atoms with E-state index in [-0.39, 0.29) is 15.6 Å². The van der Waals surface area contributed by atoms with Crippen LogP contribution >= 0.6 is 22.6 Å². The number of alkyl halides is 1. The Bertz CT molecular complexity index is 464. The van der Waals surface area contributed by atoms with Crippen LogP contribution in [0.25, 0.3) is 0 Å². The first-order chi connectivity index (χ1) is 8.61. The quantitative estimate of drug-likeness (QED) is 0.610. The number of carbonyl (C=O) groups is 1. The number of benzene rings is 1. The first-order valence-corrected chi connectivity index (χ1v) is 6.61. The van der Waals surface area contributed by atoms with Crippen LogP contribution < -0.4 is 0 Å². The minimum Gasteiger partial charge on any atom is -0.342 e. The molecule has 2 unspecified atom stereocenters. The highest BCUT2D eigenvalue weighted by atomic mass is 127. The smallest absolute Gasteiger partial charge is 0.244 e. The lowest BCUT2D eigenvalue weighted by Gasteiger charge is -2.32. The van der Waals surface area contributed by atoms with Gasteiger partial charge in [-0.2, -0.15) is 0 Å². The molecule has 2 atom stereocenters. The standard InChI is InChI=1S/C12H12FIN2O2/c1-18-12-15-6-10(14)11(17)16(12)7-8-2-4-9(13)5-3-8/h2-6,10,12H,7H2,1H3. The lowest BCUT2D eigenvalue weighted by atomic mass is 10.2. The summed E-state index contributed by atoms with van der Waals surface area (Å²) in [6, 6.07) is 6.04. The van der Waals surface area contributed by atoms with Gasteiger partial charge in [-0.1, -0.05) is 34.7 Å². The lowest BCUT2D eigenvalue weighted by Crippen LogP contribution is -2.47. The minimum atomic E-state index is -0.603. The molecule has 0 aliphatic carbocycles. The molecule has 0 aromatic heterocycles. The molecule has 96 valence electrons. The van der Waals surface area contributed by atoms with Crippen LogP contribution in [0, 0.1) is 5.82 Å². The van der Waals surface area contributed by atoms with E-state index in [1.54, 1.807) is 18.3 Å². The van der Waals surface area contributed by atoms with Gasteiger partial charge in [-0.15, -0.1) is 0 Å². The van der Waals surface area contributed by atoms with Gasteiger partial charge in [0, 0.05) is 13.3 Å². The van der Waals surface area contributed by atoms with E-state index in [0.717, 1.165) is 5.56 Å². The van der Waals surface area contributed by atoms with Crippen molar-refractivity contribution in [2.45, 2.75) is 16.8 Å². The SMILES string of the molecule is COC1N=CC(I)C(=O)N1Cc1ccc(F)cc1. The Balaban J connectivity index is 2.17. The van der Waals surface area contributed by atoms with Gasteiger partial charge < -0.3 is 4.74 Å². The molecule has 0 bridgehead atoms. The normalized spacial score (nSPS) is 23.5. The number of halogens is 2. The highest BCUT2D eigenvalue weighted by Gasteiger charge is 2.31. The van der Waals surface area contributed by atoms with E-state index in [2.05, 4.69) is 4.99 Å². The Hall–Kier alpha value is -1.02. The zero-order valence-corrected chi connectivity index (χ0v) is 11.9. The maximum Gasteiger partial charge on any atom is 0.244 e. The van der Waals surface area contributed by atoms with Crippen LogP contribution in [0.15, 0.2) is 29.3 Å². The number of hydrogen-bond acceptors (Lipinski definition) is 3. The monoisotopic (exact) mass is 362 g/mol. The molecule has 1 heterocycles. The van der Waals surface area contributed by atoms with E-state index in [1.165, 1.54) is 24.1 Å². The number of aliphatic imine (C=N–C) groups is 1. The fourth-order valence-corrected chi connectivity index (χ4v) is 2.23. The highest BCUT2D eigenvalue weighted by Crippen LogP contribution is 2.18. The Morgan fingerprint density at radius 3 is 2.72 bits per heavy atom. The van der Waals surface area contributed by atoms with Crippen LogP contribution in [0.4, 0.5) is 4.39 Å². The van der Waals surface area contributed by atoms with Gasteiger partial charge in [0.2, 0.25) is 12.3 Å². The highest BCUT2D eigenvalue weighted by molar-refractivity contribution is 14.1. The second kappa shape index (κ2) is 5.75. The van der Waals surface area contributed by atoms with E-state index in [1.807, 2.05) is 22.6 Å². The van der Waals surface area contributed by atoms with E-state index < -0.39 is 6.35 Å². The molecule has 1 aliphatic rings. The molecule has 1 aromatic carbocycles. The number of ether oxygens (including phenoxy) is 1. The Morgan fingerprint density at radius 2 is 2.11 bits per heavy atom. The molecule has 0 saturated heterocycles. The fourth-order valence-electron chi connectivity index (χ4n) is 1.69. The van der Waals surface area contributed by atoms with Crippen LogP contribution in [0.2, 0.25) is 0 Å². The van der Waals surface area contributed by atoms with Crippen molar-refractivity contribution in [1.82, 2.24) is 4.90 Å². The summed E-state index contributed by atoms with van der Waals surface area (Å²) in [4.78, 5) is 17.7. The van der Waals surface area contributed by atoms with Gasteiger partial charge in [-0.25, -0.2) is 9.38 Å². The Morgan fingerprint density at radius 1 is 1.44 bits per heavy atom. The summed E-state index contributed by atoms with van der Waals surface area (Å²) in [5.41, 5.74) is 0.840. The van der Waals surface area contributed by atoms with Crippen molar-refractivity contribution in [1.29, 1.82) is 0 Å². The van der Waals surface area contributed by atoms with Gasteiger partial charge in [0.1, 0.15) is 9.74 Å². The minimum absolute atomic E-state index is 0.0539. The van der Waals surface area contributed by atoms with Gasteiger partial charge in [0.25, 0.3) is 0 Å². The third-order valence-electron chi connectivity index (χ3n) is 2.61. The molecule has 6 heteroatoms. The van der Waals surface area contributed by atoms with Gasteiger partial charge >= 0.3 is 0 Å². The molecular weight excluding hydrogens is 350 g/mol. The van der Waals surface area contributed by atoms with Gasteiger partial charge in [0.15, 0.2) is 0 Å². The molecule has 1 aromatic rings. The second-order valence-electron chi connectivity index (χ2n) is 3.85. The number of amides is 1. The number of hydrogen-bond donors (Lipinski definition) is 0. The molecule has 0 radical (unpaired) electrons. The van der Waals surface area contributed by atoms with Crippen LogP contribution in [-0.2, 0) is 16.1 Å². The van der Waals surface area contributed by atoms with E-state index in [0.29, 0.717) is 6.54 Å². The summed E-state index contributed by atoms with van der Waals surface area (Å²) < 4.78 is 17.7. The molecule has 18 heavy (non-hydrogen) atoms. The summed E-state index contributed by atoms with van der Waals surface area (Å²) in [6.07, 6.45) is 0.978. The molecule has 0 spiro atoms. The van der Waals surface area contributed by atoms with Gasteiger partial charge in [-0.05, 0) is 17.7 Å². The topological polar surface area (TPSA) is 41.9 Å². The molecule has 4 nitrogen and oxygen atoms in total. The van der Waals surface area contributed by atoms with Crippen molar-refractivity contribution in [2.24, 2.45) is 4.99 Å². The molecular formula is C12H12FIN2O2. The third kappa shape index (κ3) is 2.86. The second-order valence-corrected chi connectivity index (χ2v) is 5.20. The average molecular weight is 362 g/mol. The van der Waals surface area contributed by atoms with Crippen molar-refractivity contribution in [3.8, 4) is 0 Å². The zero-order valence-electron chi connectivity index (χ0n) is 9.72. The molecule has 1 amide bonds. The van der Waals surface area contributed by atoms with E-state index >= 15 is 0 Å². The molecule has 0 fully saturated rings. The summed E-state index contributed by atoms with van der Waals surface area (Å²) in [5, 5.41) is 0. The maximum absolute atomic E-state index is 12.8. The number of nitrogens with zero attached hydrogens (tertiary/aromatic N) is 2. The lowest BCUT2D eigenvalue weighted by molar-refractivity contribution is -0.143. The summed E-state index contributed by atoms with van der Waals surface area (Å²) in [6.45, 7) is 0.356. The molecule has 2 rings (SSSR count). The van der Waals surface area contributed by atoms with Crippen LogP contribution in [0.5, 0.6) is 0 Å². The van der Waals surface area contributed by atoms with Gasteiger partial charge in [-0.3, -0.25) is 9.69 Å². The predicted octanol–water partition coefficient (Wildman–Crippen LogP) is 1.97. The predicted molar refractivity (Wildman–Crippen MR) is 74.0 cm³/mol. The van der Waals surface area contributed by atoms with Crippen molar-refractivity contribution in [3.63, 3.8) is 0 Å². The summed E-state index contributed by atoms with van der Waals surface area (Å²) >= 11 is 2.02. The fraction of sp³-hybridized carbons (Fsp3) is 0.333. The first kappa shape index (κ1) is 13.4. The maximum atomic E-state index is 12.8. The largest absolute Gasteiger partial charge is 0.342 e. The molecule has 1 aliphatic heterocycles. The number of rotatable bonds is 3. The third-order valence-corrected chi connectivity index (χ3v) is 3.46. The number of methoxy groups -OCH3 is 1. The van der Waals surface area contributed by atoms with Crippen LogP contribution in [-0.4, -0.2) is 34.4 Å². The van der Waals surface area contributed by atoms with Crippen LogP contribution in [0.1, 0.15) is 5.56 Å². The Labute approximate surface area is 118 Å². The van der Waals surface area contributed by atoms with Crippen molar-refractivity contribution in [2.75, 3.05) is 7.11 Å². The van der Waals surface area contributed by atoms with Crippen LogP contribution in [0.3, 0.4) is 0 Å². The van der Waals surface area contributed by atoms with E-state index in [9.17, 15) is 9.18 Å². The average Bonchev–Trinajstić information content (AvgIpc) is 2.38. The zero-order chi connectivity index (χ0) is 13.1. The first-order valence-electron chi connectivity index (χ1n) is 5.37. The van der Waals surface area contributed by atoms with E-state index in [4.69, 9.17) is 4.74 Å².